The van der Waals surface area contributed by atoms with Crippen molar-refractivity contribution in [1.29, 1.82) is 0 Å². The predicted octanol–water partition coefficient (Wildman–Crippen LogP) is 4.81. The summed E-state index contributed by atoms with van der Waals surface area (Å²) in [6, 6.07) is 12.2. The van der Waals surface area contributed by atoms with Gasteiger partial charge in [0.05, 0.1) is 5.03 Å². The molecular formula is C13H12Br2N2S. The highest BCUT2D eigenvalue weighted by atomic mass is 79.9. The molecule has 0 unspecified atom stereocenters. The van der Waals surface area contributed by atoms with Crippen LogP contribution in [-0.2, 0) is 0 Å². The Kier molecular flexibility index (Phi) is 5.53. The number of benzene rings is 1. The van der Waals surface area contributed by atoms with Crippen molar-refractivity contribution in [2.24, 2.45) is 0 Å². The maximum Gasteiger partial charge on any atom is 0.0961 e. The zero-order chi connectivity index (χ0) is 12.8. The molecule has 0 saturated heterocycles. The monoisotopic (exact) mass is 386 g/mol. The number of rotatable bonds is 5. The minimum absolute atomic E-state index is 0.916. The molecule has 0 spiro atoms. The van der Waals surface area contributed by atoms with Gasteiger partial charge in [-0.15, -0.1) is 11.8 Å². The highest BCUT2D eigenvalue weighted by Gasteiger charge is 1.96. The van der Waals surface area contributed by atoms with Crippen LogP contribution in [0.4, 0.5) is 5.69 Å². The number of pyridine rings is 1. The molecule has 0 bridgehead atoms. The molecule has 0 saturated carbocycles. The van der Waals surface area contributed by atoms with Gasteiger partial charge in [0.1, 0.15) is 0 Å². The summed E-state index contributed by atoms with van der Waals surface area (Å²) in [7, 11) is 0. The van der Waals surface area contributed by atoms with Gasteiger partial charge in [-0.25, -0.2) is 4.98 Å². The van der Waals surface area contributed by atoms with Gasteiger partial charge in [0, 0.05) is 33.1 Å². The molecule has 2 aromatic rings. The van der Waals surface area contributed by atoms with E-state index in [4.69, 9.17) is 0 Å². The predicted molar refractivity (Wildman–Crippen MR) is 85.3 cm³/mol. The van der Waals surface area contributed by atoms with E-state index in [9.17, 15) is 0 Å². The first-order chi connectivity index (χ1) is 8.74. The molecule has 1 heterocycles. The van der Waals surface area contributed by atoms with Crippen molar-refractivity contribution in [3.8, 4) is 0 Å². The van der Waals surface area contributed by atoms with E-state index < -0.39 is 0 Å². The Hall–Kier alpha value is -0.520. The molecular weight excluding hydrogens is 376 g/mol. The third-order valence-electron chi connectivity index (χ3n) is 2.21. The molecule has 0 atom stereocenters. The van der Waals surface area contributed by atoms with E-state index in [0.717, 1.165) is 32.0 Å². The summed E-state index contributed by atoms with van der Waals surface area (Å²) in [4.78, 5) is 4.32. The standard InChI is InChI=1S/C13H12Br2N2S/c14-10-2-1-3-12(8-10)16-6-7-18-13-5-4-11(15)9-17-13/h1-5,8-9,16H,6-7H2. The Balaban J connectivity index is 1.74. The highest BCUT2D eigenvalue weighted by molar-refractivity contribution is 9.10. The molecule has 0 amide bonds. The molecule has 0 aliphatic rings. The number of anilines is 1. The van der Waals surface area contributed by atoms with E-state index in [0.29, 0.717) is 0 Å². The first-order valence-corrected chi connectivity index (χ1v) is 8.05. The van der Waals surface area contributed by atoms with Gasteiger partial charge in [0.15, 0.2) is 0 Å². The van der Waals surface area contributed by atoms with Crippen molar-refractivity contribution in [2.75, 3.05) is 17.6 Å². The van der Waals surface area contributed by atoms with Crippen LogP contribution in [0.1, 0.15) is 0 Å². The summed E-state index contributed by atoms with van der Waals surface area (Å²) >= 11 is 8.58. The molecule has 94 valence electrons. The number of aromatic nitrogens is 1. The Bertz CT molecular complexity index is 503. The van der Waals surface area contributed by atoms with E-state index in [-0.39, 0.29) is 0 Å². The maximum absolute atomic E-state index is 4.32. The molecule has 1 N–H and O–H groups in total. The first kappa shape index (κ1) is 13.9. The third kappa shape index (κ3) is 4.63. The van der Waals surface area contributed by atoms with Crippen LogP contribution in [0.25, 0.3) is 0 Å². The zero-order valence-electron chi connectivity index (χ0n) is 9.57. The second kappa shape index (κ2) is 7.16. The van der Waals surface area contributed by atoms with Gasteiger partial charge in [0.2, 0.25) is 0 Å². The normalized spacial score (nSPS) is 10.3. The van der Waals surface area contributed by atoms with Gasteiger partial charge < -0.3 is 5.32 Å². The zero-order valence-corrected chi connectivity index (χ0v) is 13.6. The van der Waals surface area contributed by atoms with Crippen LogP contribution in [0.5, 0.6) is 0 Å². The van der Waals surface area contributed by atoms with Crippen molar-refractivity contribution >= 4 is 49.3 Å². The van der Waals surface area contributed by atoms with Crippen LogP contribution in [0.3, 0.4) is 0 Å². The average Bonchev–Trinajstić information content (AvgIpc) is 2.37. The summed E-state index contributed by atoms with van der Waals surface area (Å²) < 4.78 is 2.11. The van der Waals surface area contributed by atoms with Gasteiger partial charge >= 0.3 is 0 Å². The fourth-order valence-corrected chi connectivity index (χ4v) is 2.74. The topological polar surface area (TPSA) is 24.9 Å². The number of hydrogen-bond acceptors (Lipinski definition) is 3. The van der Waals surface area contributed by atoms with Gasteiger partial charge in [-0.2, -0.15) is 0 Å². The third-order valence-corrected chi connectivity index (χ3v) is 4.11. The van der Waals surface area contributed by atoms with Gasteiger partial charge in [-0.05, 0) is 46.3 Å². The Labute approximate surface area is 128 Å². The van der Waals surface area contributed by atoms with E-state index in [1.165, 1.54) is 0 Å². The summed E-state index contributed by atoms with van der Waals surface area (Å²) in [5.41, 5.74) is 1.13. The quantitative estimate of drug-likeness (QED) is 0.588. The van der Waals surface area contributed by atoms with E-state index >= 15 is 0 Å². The Morgan fingerprint density at radius 1 is 1.11 bits per heavy atom. The summed E-state index contributed by atoms with van der Waals surface area (Å²) in [6.45, 7) is 0.916. The van der Waals surface area contributed by atoms with Gasteiger partial charge in [0.25, 0.3) is 0 Å². The highest BCUT2D eigenvalue weighted by Crippen LogP contribution is 2.18. The lowest BCUT2D eigenvalue weighted by atomic mass is 10.3. The molecule has 5 heteroatoms. The van der Waals surface area contributed by atoms with Crippen LogP contribution in [0.15, 0.2) is 56.6 Å². The molecule has 0 radical (unpaired) electrons. The van der Waals surface area contributed by atoms with Crippen molar-refractivity contribution in [2.45, 2.75) is 5.03 Å². The molecule has 1 aromatic carbocycles. The number of hydrogen-bond donors (Lipinski definition) is 1. The first-order valence-electron chi connectivity index (χ1n) is 5.48. The van der Waals surface area contributed by atoms with Crippen LogP contribution in [-0.4, -0.2) is 17.3 Å². The van der Waals surface area contributed by atoms with Crippen molar-refractivity contribution in [3.63, 3.8) is 0 Å². The molecule has 2 nitrogen and oxygen atoms in total. The van der Waals surface area contributed by atoms with E-state index in [1.807, 2.05) is 30.5 Å². The number of halogens is 2. The average molecular weight is 388 g/mol. The fraction of sp³-hybridized carbons (Fsp3) is 0.154. The second-order valence-electron chi connectivity index (χ2n) is 3.60. The molecule has 0 aliphatic carbocycles. The molecule has 18 heavy (non-hydrogen) atoms. The van der Waals surface area contributed by atoms with Crippen LogP contribution in [0, 0.1) is 0 Å². The van der Waals surface area contributed by atoms with Crippen LogP contribution in [0.2, 0.25) is 0 Å². The number of nitrogens with one attached hydrogen (secondary N) is 1. The largest absolute Gasteiger partial charge is 0.384 e. The molecule has 0 aliphatic heterocycles. The van der Waals surface area contributed by atoms with Gasteiger partial charge in [-0.3, -0.25) is 0 Å². The molecule has 1 aromatic heterocycles. The molecule has 0 fully saturated rings. The Morgan fingerprint density at radius 2 is 2.00 bits per heavy atom. The lowest BCUT2D eigenvalue weighted by Crippen LogP contribution is -2.03. The lowest BCUT2D eigenvalue weighted by Gasteiger charge is -2.06. The van der Waals surface area contributed by atoms with E-state index in [1.54, 1.807) is 11.8 Å². The maximum atomic E-state index is 4.32. The fourth-order valence-electron chi connectivity index (χ4n) is 1.40. The lowest BCUT2D eigenvalue weighted by molar-refractivity contribution is 1.12. The molecule has 2 rings (SSSR count). The minimum Gasteiger partial charge on any atom is -0.384 e. The minimum atomic E-state index is 0.916. The number of nitrogens with zero attached hydrogens (tertiary/aromatic N) is 1. The van der Waals surface area contributed by atoms with Crippen LogP contribution >= 0.6 is 43.6 Å². The summed E-state index contributed by atoms with van der Waals surface area (Å²) in [6.07, 6.45) is 1.82. The van der Waals surface area contributed by atoms with Crippen molar-refractivity contribution in [1.82, 2.24) is 4.98 Å². The van der Waals surface area contributed by atoms with Gasteiger partial charge in [-0.1, -0.05) is 22.0 Å². The second-order valence-corrected chi connectivity index (χ2v) is 6.55. The summed E-state index contributed by atoms with van der Waals surface area (Å²) in [5.74, 6) is 0.987. The van der Waals surface area contributed by atoms with Crippen molar-refractivity contribution in [3.05, 3.63) is 51.5 Å². The van der Waals surface area contributed by atoms with Crippen LogP contribution < -0.4 is 5.32 Å². The number of thioether (sulfide) groups is 1. The van der Waals surface area contributed by atoms with E-state index in [2.05, 4.69) is 54.3 Å². The summed E-state index contributed by atoms with van der Waals surface area (Å²) in [5, 5.41) is 4.43. The van der Waals surface area contributed by atoms with Crippen molar-refractivity contribution < 1.29 is 0 Å². The smallest absolute Gasteiger partial charge is 0.0961 e. The Morgan fingerprint density at radius 3 is 2.72 bits per heavy atom. The SMILES string of the molecule is Brc1ccc(SCCNc2cccc(Br)c2)nc1.